The van der Waals surface area contributed by atoms with Gasteiger partial charge in [-0.1, -0.05) is 12.1 Å². The van der Waals surface area contributed by atoms with Crippen molar-refractivity contribution >= 4 is 11.6 Å². The van der Waals surface area contributed by atoms with Gasteiger partial charge in [-0.15, -0.1) is 0 Å². The van der Waals surface area contributed by atoms with E-state index in [2.05, 4.69) is 5.10 Å². The summed E-state index contributed by atoms with van der Waals surface area (Å²) in [6, 6.07) is 17.5. The van der Waals surface area contributed by atoms with Crippen LogP contribution in [-0.4, -0.2) is 27.3 Å². The number of rotatable bonds is 4. The molecule has 2 aromatic carbocycles. The maximum atomic E-state index is 13.3. The van der Waals surface area contributed by atoms with Crippen LogP contribution in [0.5, 0.6) is 0 Å². The first-order valence-corrected chi connectivity index (χ1v) is 8.86. The Morgan fingerprint density at radius 1 is 1.04 bits per heavy atom. The summed E-state index contributed by atoms with van der Waals surface area (Å²) in [6.45, 7) is 1.99. The Hall–Kier alpha value is -3.67. The summed E-state index contributed by atoms with van der Waals surface area (Å²) >= 11 is 0. The van der Waals surface area contributed by atoms with Crippen molar-refractivity contribution in [3.8, 4) is 11.5 Å². The molecular weight excluding hydrogens is 355 g/mol. The molecule has 0 saturated carbocycles. The van der Waals surface area contributed by atoms with Crippen molar-refractivity contribution < 1.29 is 9.18 Å². The van der Waals surface area contributed by atoms with Crippen LogP contribution < -0.4 is 4.90 Å². The molecule has 0 bridgehead atoms. The molecule has 0 N–H and O–H groups in total. The molecule has 5 nitrogen and oxygen atoms in total. The smallest absolute Gasteiger partial charge is 0.263 e. The molecule has 6 heteroatoms. The first kappa shape index (κ1) is 17.7. The first-order chi connectivity index (χ1) is 13.5. The number of hydrogen-bond acceptors (Lipinski definition) is 2. The van der Waals surface area contributed by atoms with Crippen LogP contribution in [0.25, 0.3) is 11.5 Å². The van der Waals surface area contributed by atoms with E-state index in [1.54, 1.807) is 35.0 Å². The summed E-state index contributed by atoms with van der Waals surface area (Å²) in [6.07, 6.45) is 5.24. The van der Waals surface area contributed by atoms with Crippen LogP contribution in [-0.2, 0) is 0 Å². The third-order valence-electron chi connectivity index (χ3n) is 4.59. The van der Waals surface area contributed by atoms with E-state index in [-0.39, 0.29) is 11.7 Å². The van der Waals surface area contributed by atoms with Crippen molar-refractivity contribution in [3.05, 3.63) is 96.2 Å². The van der Waals surface area contributed by atoms with Gasteiger partial charge in [0.25, 0.3) is 5.91 Å². The predicted octanol–water partition coefficient (Wildman–Crippen LogP) is 4.39. The first-order valence-electron chi connectivity index (χ1n) is 8.86. The molecule has 0 aliphatic heterocycles. The minimum Gasteiger partial charge on any atom is -0.311 e. The van der Waals surface area contributed by atoms with Gasteiger partial charge in [-0.2, -0.15) is 5.10 Å². The molecule has 0 unspecified atom stereocenters. The second-order valence-corrected chi connectivity index (χ2v) is 6.56. The van der Waals surface area contributed by atoms with E-state index in [9.17, 15) is 9.18 Å². The van der Waals surface area contributed by atoms with Crippen LogP contribution >= 0.6 is 0 Å². The molecule has 0 atom stereocenters. The Bertz CT molecular complexity index is 1110. The highest BCUT2D eigenvalue weighted by molar-refractivity contribution is 6.07. The minimum atomic E-state index is -0.325. The lowest BCUT2D eigenvalue weighted by molar-refractivity contribution is 0.0993. The predicted molar refractivity (Wildman–Crippen MR) is 107 cm³/mol. The maximum Gasteiger partial charge on any atom is 0.263 e. The molecule has 0 saturated heterocycles. The van der Waals surface area contributed by atoms with Crippen LogP contribution in [0, 0.1) is 12.7 Å². The van der Waals surface area contributed by atoms with Gasteiger partial charge in [0.2, 0.25) is 0 Å². The second-order valence-electron chi connectivity index (χ2n) is 6.56. The van der Waals surface area contributed by atoms with Gasteiger partial charge in [0.15, 0.2) is 5.82 Å². The monoisotopic (exact) mass is 374 g/mol. The molecule has 4 aromatic rings. The second kappa shape index (κ2) is 7.15. The third-order valence-corrected chi connectivity index (χ3v) is 4.59. The molecule has 0 aliphatic rings. The Kier molecular flexibility index (Phi) is 4.53. The summed E-state index contributed by atoms with van der Waals surface area (Å²) in [4.78, 5) is 14.9. The Labute approximate surface area is 162 Å². The lowest BCUT2D eigenvalue weighted by Gasteiger charge is -2.18. The molecule has 28 heavy (non-hydrogen) atoms. The summed E-state index contributed by atoms with van der Waals surface area (Å²) in [5, 5.41) is 4.41. The lowest BCUT2D eigenvalue weighted by atomic mass is 10.2. The van der Waals surface area contributed by atoms with Gasteiger partial charge in [0.1, 0.15) is 11.4 Å². The molecule has 1 amide bonds. The Morgan fingerprint density at radius 3 is 2.43 bits per heavy atom. The van der Waals surface area contributed by atoms with E-state index in [1.165, 1.54) is 12.1 Å². The third kappa shape index (κ3) is 3.20. The summed E-state index contributed by atoms with van der Waals surface area (Å²) < 4.78 is 16.8. The summed E-state index contributed by atoms with van der Waals surface area (Å²) in [5.74, 6) is 0.0951. The fraction of sp³-hybridized carbons (Fsp3) is 0.0909. The lowest BCUT2D eigenvalue weighted by Crippen LogP contribution is -2.27. The van der Waals surface area contributed by atoms with Crippen LogP contribution in [0.1, 0.15) is 15.9 Å². The van der Waals surface area contributed by atoms with Crippen molar-refractivity contribution in [1.29, 1.82) is 0 Å². The van der Waals surface area contributed by atoms with Gasteiger partial charge < -0.3 is 9.47 Å². The number of benzene rings is 2. The molecule has 0 radical (unpaired) electrons. The van der Waals surface area contributed by atoms with Crippen molar-refractivity contribution in [3.63, 3.8) is 0 Å². The normalized spacial score (nSPS) is 10.8. The molecule has 2 aromatic heterocycles. The zero-order valence-electron chi connectivity index (χ0n) is 15.6. The molecule has 4 rings (SSSR count). The number of halogens is 1. The number of hydrogen-bond donors (Lipinski definition) is 0. The highest BCUT2D eigenvalue weighted by Crippen LogP contribution is 2.24. The average molecular weight is 374 g/mol. The Balaban J connectivity index is 1.81. The van der Waals surface area contributed by atoms with Crippen molar-refractivity contribution in [2.45, 2.75) is 6.92 Å². The molecule has 2 heterocycles. The number of aromatic nitrogens is 3. The molecule has 0 aliphatic carbocycles. The van der Waals surface area contributed by atoms with E-state index in [4.69, 9.17) is 0 Å². The standard InChI is InChI=1S/C22H19FN4O/c1-16-6-5-7-19(14-16)25(2)22(28)20-15-24-27(18-10-8-17(23)9-11-18)21(20)26-12-3-4-13-26/h3-15H,1-2H3. The summed E-state index contributed by atoms with van der Waals surface area (Å²) in [5.41, 5.74) is 3.00. The zero-order chi connectivity index (χ0) is 19.7. The van der Waals surface area contributed by atoms with E-state index >= 15 is 0 Å². The maximum absolute atomic E-state index is 13.3. The number of nitrogens with zero attached hydrogens (tertiary/aromatic N) is 4. The van der Waals surface area contributed by atoms with Gasteiger partial charge in [-0.3, -0.25) is 4.79 Å². The zero-order valence-corrected chi connectivity index (χ0v) is 15.6. The molecule has 0 fully saturated rings. The highest BCUT2D eigenvalue weighted by atomic mass is 19.1. The minimum absolute atomic E-state index is 0.178. The fourth-order valence-electron chi connectivity index (χ4n) is 3.12. The van der Waals surface area contributed by atoms with Gasteiger partial charge >= 0.3 is 0 Å². The van der Waals surface area contributed by atoms with Gasteiger partial charge in [0.05, 0.1) is 11.9 Å². The number of anilines is 1. The molecular formula is C22H19FN4O. The van der Waals surface area contributed by atoms with Crippen LogP contribution in [0.15, 0.2) is 79.3 Å². The van der Waals surface area contributed by atoms with Crippen molar-refractivity contribution in [2.24, 2.45) is 0 Å². The van der Waals surface area contributed by atoms with Crippen molar-refractivity contribution in [1.82, 2.24) is 14.3 Å². The van der Waals surface area contributed by atoms with E-state index in [1.807, 2.05) is 60.3 Å². The molecule has 140 valence electrons. The van der Waals surface area contributed by atoms with Crippen molar-refractivity contribution in [2.75, 3.05) is 11.9 Å². The Morgan fingerprint density at radius 2 is 1.75 bits per heavy atom. The highest BCUT2D eigenvalue weighted by Gasteiger charge is 2.23. The largest absolute Gasteiger partial charge is 0.311 e. The summed E-state index contributed by atoms with van der Waals surface area (Å²) in [7, 11) is 1.74. The quantitative estimate of drug-likeness (QED) is 0.532. The topological polar surface area (TPSA) is 43.1 Å². The van der Waals surface area contributed by atoms with E-state index in [0.717, 1.165) is 11.3 Å². The fourth-order valence-corrected chi connectivity index (χ4v) is 3.12. The van der Waals surface area contributed by atoms with Crippen LogP contribution in [0.4, 0.5) is 10.1 Å². The number of carbonyl (C=O) groups is 1. The molecule has 0 spiro atoms. The van der Waals surface area contributed by atoms with Gasteiger partial charge in [-0.05, 0) is 61.0 Å². The van der Waals surface area contributed by atoms with Gasteiger partial charge in [0, 0.05) is 25.1 Å². The SMILES string of the molecule is Cc1cccc(N(C)C(=O)c2cnn(-c3ccc(F)cc3)c2-n2cccc2)c1. The van der Waals surface area contributed by atoms with E-state index in [0.29, 0.717) is 17.1 Å². The number of aryl methyl sites for hydroxylation is 1. The van der Waals surface area contributed by atoms with Crippen LogP contribution in [0.3, 0.4) is 0 Å². The number of carbonyl (C=O) groups excluding carboxylic acids is 1. The number of amides is 1. The average Bonchev–Trinajstić information content (AvgIpc) is 3.37. The van der Waals surface area contributed by atoms with E-state index < -0.39 is 0 Å². The van der Waals surface area contributed by atoms with Gasteiger partial charge in [-0.25, -0.2) is 9.07 Å². The van der Waals surface area contributed by atoms with Crippen LogP contribution in [0.2, 0.25) is 0 Å².